The first kappa shape index (κ1) is 10.5. The molecule has 0 aliphatic heterocycles. The zero-order valence-corrected chi connectivity index (χ0v) is 7.14. The summed E-state index contributed by atoms with van der Waals surface area (Å²) in [4.78, 5) is 0. The van der Waals surface area contributed by atoms with Crippen molar-refractivity contribution in [1.82, 2.24) is 4.57 Å². The van der Waals surface area contributed by atoms with E-state index in [1.54, 1.807) is 0 Å². The first-order valence-corrected chi connectivity index (χ1v) is 3.18. The third-order valence-electron chi connectivity index (χ3n) is 1.53. The van der Waals surface area contributed by atoms with Crippen LogP contribution in [0.25, 0.3) is 0 Å². The molecule has 1 aromatic rings. The van der Waals surface area contributed by atoms with Crippen LogP contribution < -0.4 is 5.73 Å². The SMILES string of the molecule is Cl.Cn1cccc1[C@@H](N)CF. The van der Waals surface area contributed by atoms with Gasteiger partial charge < -0.3 is 10.3 Å². The van der Waals surface area contributed by atoms with Crippen molar-refractivity contribution in [1.29, 1.82) is 0 Å². The Morgan fingerprint density at radius 3 is 2.73 bits per heavy atom. The van der Waals surface area contributed by atoms with Gasteiger partial charge in [0.2, 0.25) is 0 Å². The van der Waals surface area contributed by atoms with Gasteiger partial charge in [0.15, 0.2) is 0 Å². The van der Waals surface area contributed by atoms with Crippen molar-refractivity contribution >= 4 is 12.4 Å². The van der Waals surface area contributed by atoms with Gasteiger partial charge in [-0.3, -0.25) is 0 Å². The molecule has 0 saturated heterocycles. The maximum Gasteiger partial charge on any atom is 0.110 e. The molecule has 2 N–H and O–H groups in total. The van der Waals surface area contributed by atoms with Crippen LogP contribution in [0.5, 0.6) is 0 Å². The highest BCUT2D eigenvalue weighted by molar-refractivity contribution is 5.85. The second kappa shape index (κ2) is 4.36. The Morgan fingerprint density at radius 2 is 2.36 bits per heavy atom. The van der Waals surface area contributed by atoms with E-state index in [1.807, 2.05) is 29.9 Å². The average Bonchev–Trinajstić information content (AvgIpc) is 2.34. The molecule has 0 bridgehead atoms. The smallest absolute Gasteiger partial charge is 0.110 e. The summed E-state index contributed by atoms with van der Waals surface area (Å²) in [5.74, 6) is 0. The van der Waals surface area contributed by atoms with Crippen LogP contribution in [-0.4, -0.2) is 11.2 Å². The largest absolute Gasteiger partial charge is 0.353 e. The molecule has 0 aliphatic carbocycles. The summed E-state index contributed by atoms with van der Waals surface area (Å²) >= 11 is 0. The van der Waals surface area contributed by atoms with Gasteiger partial charge in [0.1, 0.15) is 6.67 Å². The van der Waals surface area contributed by atoms with E-state index in [2.05, 4.69) is 0 Å². The summed E-state index contributed by atoms with van der Waals surface area (Å²) in [6.45, 7) is -0.502. The molecule has 0 amide bonds. The normalized spacial score (nSPS) is 12.3. The van der Waals surface area contributed by atoms with Crippen molar-refractivity contribution in [2.75, 3.05) is 6.67 Å². The lowest BCUT2D eigenvalue weighted by molar-refractivity contribution is 0.426. The van der Waals surface area contributed by atoms with Gasteiger partial charge in [-0.15, -0.1) is 12.4 Å². The number of hydrogen-bond acceptors (Lipinski definition) is 1. The van der Waals surface area contributed by atoms with Crippen LogP contribution in [0, 0.1) is 0 Å². The number of hydrogen-bond donors (Lipinski definition) is 1. The lowest BCUT2D eigenvalue weighted by Gasteiger charge is -2.07. The van der Waals surface area contributed by atoms with E-state index in [0.717, 1.165) is 5.69 Å². The highest BCUT2D eigenvalue weighted by Gasteiger charge is 2.06. The molecular weight excluding hydrogens is 167 g/mol. The number of alkyl halides is 1. The van der Waals surface area contributed by atoms with Crippen LogP contribution in [0.2, 0.25) is 0 Å². The average molecular weight is 179 g/mol. The van der Waals surface area contributed by atoms with E-state index in [4.69, 9.17) is 5.73 Å². The number of aromatic nitrogens is 1. The molecule has 0 aromatic carbocycles. The lowest BCUT2D eigenvalue weighted by Crippen LogP contribution is -2.15. The van der Waals surface area contributed by atoms with Crippen LogP contribution in [0.1, 0.15) is 11.7 Å². The van der Waals surface area contributed by atoms with Crippen molar-refractivity contribution in [2.45, 2.75) is 6.04 Å². The molecule has 1 heterocycles. The maximum absolute atomic E-state index is 12.0. The van der Waals surface area contributed by atoms with Crippen molar-refractivity contribution in [3.63, 3.8) is 0 Å². The third-order valence-corrected chi connectivity index (χ3v) is 1.53. The Balaban J connectivity index is 0.000001000. The molecule has 2 nitrogen and oxygen atoms in total. The monoisotopic (exact) mass is 178 g/mol. The minimum atomic E-state index is -0.502. The molecule has 0 radical (unpaired) electrons. The van der Waals surface area contributed by atoms with Crippen LogP contribution >= 0.6 is 12.4 Å². The number of aryl methyl sites for hydroxylation is 1. The van der Waals surface area contributed by atoms with Gasteiger partial charge in [-0.05, 0) is 12.1 Å². The summed E-state index contributed by atoms with van der Waals surface area (Å²) in [6, 6.07) is 3.20. The van der Waals surface area contributed by atoms with Crippen molar-refractivity contribution in [2.24, 2.45) is 12.8 Å². The van der Waals surface area contributed by atoms with E-state index < -0.39 is 12.7 Å². The van der Waals surface area contributed by atoms with E-state index in [0.29, 0.717) is 0 Å². The minimum absolute atomic E-state index is 0. The molecular formula is C7H12ClFN2. The molecule has 64 valence electrons. The van der Waals surface area contributed by atoms with Gasteiger partial charge in [0.05, 0.1) is 6.04 Å². The Bertz CT molecular complexity index is 212. The minimum Gasteiger partial charge on any atom is -0.353 e. The van der Waals surface area contributed by atoms with E-state index in [9.17, 15) is 4.39 Å². The quantitative estimate of drug-likeness (QED) is 0.730. The van der Waals surface area contributed by atoms with Gasteiger partial charge in [-0.2, -0.15) is 0 Å². The molecule has 0 spiro atoms. The summed E-state index contributed by atoms with van der Waals surface area (Å²) in [5, 5.41) is 0. The third kappa shape index (κ3) is 2.20. The summed E-state index contributed by atoms with van der Waals surface area (Å²) < 4.78 is 13.8. The molecule has 0 unspecified atom stereocenters. The standard InChI is InChI=1S/C7H11FN2.ClH/c1-10-4-2-3-7(10)6(9)5-8;/h2-4,6H,5,9H2,1H3;1H/t6-;/m0./s1. The van der Waals surface area contributed by atoms with Crippen molar-refractivity contribution in [3.05, 3.63) is 24.0 Å². The van der Waals surface area contributed by atoms with Crippen molar-refractivity contribution in [3.8, 4) is 0 Å². The Kier molecular flexibility index (Phi) is 4.15. The van der Waals surface area contributed by atoms with E-state index in [-0.39, 0.29) is 12.4 Å². The molecule has 1 rings (SSSR count). The van der Waals surface area contributed by atoms with Gasteiger partial charge >= 0.3 is 0 Å². The zero-order valence-electron chi connectivity index (χ0n) is 6.33. The number of rotatable bonds is 2. The zero-order chi connectivity index (χ0) is 7.56. The molecule has 0 aliphatic rings. The number of halogens is 2. The fourth-order valence-electron chi connectivity index (χ4n) is 0.939. The van der Waals surface area contributed by atoms with Gasteiger partial charge in [0.25, 0.3) is 0 Å². The topological polar surface area (TPSA) is 30.9 Å². The summed E-state index contributed by atoms with van der Waals surface area (Å²) in [7, 11) is 1.85. The predicted molar refractivity (Wildman–Crippen MR) is 45.6 cm³/mol. The molecule has 11 heavy (non-hydrogen) atoms. The Labute approximate surface area is 71.6 Å². The Hall–Kier alpha value is -0.540. The highest BCUT2D eigenvalue weighted by atomic mass is 35.5. The number of nitrogens with two attached hydrogens (primary N) is 1. The molecule has 4 heteroatoms. The first-order chi connectivity index (χ1) is 4.75. The second-order valence-electron chi connectivity index (χ2n) is 2.30. The van der Waals surface area contributed by atoms with Crippen LogP contribution in [0.15, 0.2) is 18.3 Å². The van der Waals surface area contributed by atoms with Crippen LogP contribution in [-0.2, 0) is 7.05 Å². The molecule has 1 atom stereocenters. The second-order valence-corrected chi connectivity index (χ2v) is 2.30. The first-order valence-electron chi connectivity index (χ1n) is 3.18. The van der Waals surface area contributed by atoms with E-state index in [1.165, 1.54) is 0 Å². The fourth-order valence-corrected chi connectivity index (χ4v) is 0.939. The lowest BCUT2D eigenvalue weighted by atomic mass is 10.2. The predicted octanol–water partition coefficient (Wildman–Crippen LogP) is 1.42. The van der Waals surface area contributed by atoms with Crippen LogP contribution in [0.3, 0.4) is 0 Å². The van der Waals surface area contributed by atoms with Gasteiger partial charge in [-0.25, -0.2) is 4.39 Å². The molecule has 0 saturated carbocycles. The van der Waals surface area contributed by atoms with E-state index >= 15 is 0 Å². The maximum atomic E-state index is 12.0. The van der Waals surface area contributed by atoms with Crippen molar-refractivity contribution < 1.29 is 4.39 Å². The molecule has 1 aromatic heterocycles. The number of nitrogens with zero attached hydrogens (tertiary/aromatic N) is 1. The summed E-state index contributed by atoms with van der Waals surface area (Å²) in [5.41, 5.74) is 6.28. The Morgan fingerprint density at radius 1 is 1.73 bits per heavy atom. The van der Waals surface area contributed by atoms with Gasteiger partial charge in [0, 0.05) is 18.9 Å². The highest BCUT2D eigenvalue weighted by Crippen LogP contribution is 2.09. The fraction of sp³-hybridized carbons (Fsp3) is 0.429. The van der Waals surface area contributed by atoms with Crippen LogP contribution in [0.4, 0.5) is 4.39 Å². The molecule has 0 fully saturated rings. The summed E-state index contributed by atoms with van der Waals surface area (Å²) in [6.07, 6.45) is 1.85. The van der Waals surface area contributed by atoms with Gasteiger partial charge in [-0.1, -0.05) is 0 Å².